The summed E-state index contributed by atoms with van der Waals surface area (Å²) < 4.78 is 0. The van der Waals surface area contributed by atoms with Crippen molar-refractivity contribution in [2.45, 2.75) is 88.4 Å². The van der Waals surface area contributed by atoms with Gasteiger partial charge in [-0.25, -0.2) is 0 Å². The van der Waals surface area contributed by atoms with Crippen molar-refractivity contribution in [3.63, 3.8) is 0 Å². The second-order valence-electron chi connectivity index (χ2n) is 17.9. The minimum Gasteiger partial charge on any atom is -0.510 e. The number of carbonyl (C=O) groups is 4. The number of ketones is 2. The smallest absolute Gasteiger partial charge is 0.255 e. The van der Waals surface area contributed by atoms with Crippen LogP contribution in [-0.4, -0.2) is 91.8 Å². The maximum absolute atomic E-state index is 14.2. The molecule has 12 nitrogen and oxygen atoms in total. The Morgan fingerprint density at radius 2 is 1.25 bits per heavy atom. The Kier molecular flexibility index (Phi) is 13.9. The number of nitrogens with one attached hydrogen (secondary N) is 1. The Bertz CT molecular complexity index is 2360. The molecule has 3 aliphatic carbocycles. The predicted octanol–water partition coefficient (Wildman–Crippen LogP) is 5.83. The summed E-state index contributed by atoms with van der Waals surface area (Å²) in [6.45, 7) is 1.66. The van der Waals surface area contributed by atoms with Crippen molar-refractivity contribution in [3.05, 3.63) is 137 Å². The van der Waals surface area contributed by atoms with Crippen molar-refractivity contribution in [1.29, 1.82) is 0 Å². The predicted molar refractivity (Wildman–Crippen MR) is 251 cm³/mol. The van der Waals surface area contributed by atoms with E-state index in [2.05, 4.69) is 96.3 Å². The van der Waals surface area contributed by atoms with E-state index >= 15 is 0 Å². The molecule has 64 heavy (non-hydrogen) atoms. The maximum atomic E-state index is 14.2. The van der Waals surface area contributed by atoms with Crippen LogP contribution in [0.1, 0.15) is 86.6 Å². The number of rotatable bonds is 17. The molecule has 0 aliphatic heterocycles. The maximum Gasteiger partial charge on any atom is 0.255 e. The van der Waals surface area contributed by atoms with Crippen molar-refractivity contribution in [3.8, 4) is 5.75 Å². The molecule has 0 heterocycles. The van der Waals surface area contributed by atoms with E-state index in [1.807, 2.05) is 0 Å². The van der Waals surface area contributed by atoms with Crippen molar-refractivity contribution in [2.75, 3.05) is 25.6 Å². The van der Waals surface area contributed by atoms with Crippen LogP contribution in [0.2, 0.25) is 0 Å². The third-order valence-electron chi connectivity index (χ3n) is 13.9. The minimum absolute atomic E-state index is 0.0278. The van der Waals surface area contributed by atoms with Crippen molar-refractivity contribution < 1.29 is 44.7 Å². The van der Waals surface area contributed by atoms with Gasteiger partial charge in [-0.3, -0.25) is 19.3 Å². The third-order valence-corrected chi connectivity index (χ3v) is 19.0. The molecule has 0 saturated heterocycles. The number of aliphatic hydroxyl groups is 4. The van der Waals surface area contributed by atoms with Crippen LogP contribution in [0.5, 0.6) is 5.75 Å². The van der Waals surface area contributed by atoms with Gasteiger partial charge in [-0.1, -0.05) is 13.0 Å². The number of hydrogen-bond acceptors (Lipinski definition) is 10. The van der Waals surface area contributed by atoms with Gasteiger partial charge in [0.15, 0.2) is 17.1 Å². The number of aliphatic hydroxyl groups excluding tert-OH is 3. The molecule has 4 aromatic rings. The number of fused-ring (bicyclic) bond motifs is 3. The molecule has 0 fully saturated rings. The minimum atomic E-state index is -3.01. The van der Waals surface area contributed by atoms with Crippen LogP contribution in [0.4, 0.5) is 5.69 Å². The second kappa shape index (κ2) is 19.2. The number of primary amides is 1. The number of phenolic OH excluding ortho intramolecular Hbond substituents is 1. The van der Waals surface area contributed by atoms with Gasteiger partial charge >= 0.3 is 194 Å². The monoisotopic (exact) mass is 889 g/mol. The fraction of sp³-hybridized carbons (Fsp3) is 0.373. The van der Waals surface area contributed by atoms with Crippen LogP contribution in [0.25, 0.3) is 0 Å². The van der Waals surface area contributed by atoms with E-state index in [-0.39, 0.29) is 23.6 Å². The molecule has 0 spiro atoms. The Morgan fingerprint density at radius 1 is 0.750 bits per heavy atom. The quantitative estimate of drug-likeness (QED) is 0.0292. The summed E-state index contributed by atoms with van der Waals surface area (Å²) in [5, 5.41) is 64.9. The molecule has 3 aliphatic rings. The van der Waals surface area contributed by atoms with E-state index in [4.69, 9.17) is 5.73 Å². The van der Waals surface area contributed by atoms with Gasteiger partial charge in [0.25, 0.3) is 5.91 Å². The zero-order chi connectivity index (χ0) is 45.9. The number of likely N-dealkylation sites (N-methyl/N-ethyl adjacent to an activating group) is 1. The Hall–Kier alpha value is -5.65. The van der Waals surface area contributed by atoms with Crippen molar-refractivity contribution in [1.82, 2.24) is 4.90 Å². The molecule has 0 bridgehead atoms. The first-order chi connectivity index (χ1) is 30.7. The number of unbranched alkanes of at least 4 members (excludes halogenated alkanes) is 7. The average molecular weight is 890 g/mol. The summed E-state index contributed by atoms with van der Waals surface area (Å²) >= 11 is 0. The molecule has 8 N–H and O–H groups in total. The number of aromatic hydroxyl groups is 1. The number of phenols is 1. The van der Waals surface area contributed by atoms with Gasteiger partial charge in [0.1, 0.15) is 17.1 Å². The van der Waals surface area contributed by atoms with Crippen LogP contribution in [0, 0.1) is 11.8 Å². The van der Waals surface area contributed by atoms with Crippen LogP contribution in [-0.2, 0) is 14.4 Å². The Morgan fingerprint density at radius 3 is 1.75 bits per heavy atom. The van der Waals surface area contributed by atoms with E-state index in [1.165, 1.54) is 41.0 Å². The van der Waals surface area contributed by atoms with Gasteiger partial charge in [-0.05, 0) is 31.6 Å². The topological polar surface area (TPSA) is 211 Å². The van der Waals surface area contributed by atoms with Gasteiger partial charge in [-0.2, -0.15) is 0 Å². The van der Waals surface area contributed by atoms with Gasteiger partial charge in [0, 0.05) is 11.5 Å². The summed E-state index contributed by atoms with van der Waals surface area (Å²) in [6, 6.07) is 34.6. The van der Waals surface area contributed by atoms with Crippen LogP contribution in [0.3, 0.4) is 0 Å². The van der Waals surface area contributed by atoms with E-state index in [0.717, 1.165) is 51.1 Å². The van der Waals surface area contributed by atoms with Crippen LogP contribution in [0.15, 0.2) is 126 Å². The van der Waals surface area contributed by atoms with Gasteiger partial charge < -0.3 is 31.3 Å². The Labute approximate surface area is 374 Å². The first-order valence-electron chi connectivity index (χ1n) is 22.3. The second-order valence-corrected chi connectivity index (χ2v) is 21.9. The molecule has 0 saturated carbocycles. The number of anilines is 1. The van der Waals surface area contributed by atoms with Crippen LogP contribution < -0.4 is 27.0 Å². The molecule has 2 amide bonds. The number of amides is 2. The normalized spacial score (nSPS) is 23.4. The molecule has 7 rings (SSSR count). The van der Waals surface area contributed by atoms with E-state index in [1.54, 1.807) is 13.0 Å². The van der Waals surface area contributed by atoms with Crippen molar-refractivity contribution in [2.24, 2.45) is 17.6 Å². The third kappa shape index (κ3) is 8.17. The fourth-order valence-corrected chi connectivity index (χ4v) is 15.7. The summed E-state index contributed by atoms with van der Waals surface area (Å²) in [6.07, 6.45) is 7.66. The van der Waals surface area contributed by atoms with Crippen molar-refractivity contribution >= 4 is 52.2 Å². The average Bonchev–Trinajstić information content (AvgIpc) is 3.28. The zero-order valence-corrected chi connectivity index (χ0v) is 37.7. The molecule has 0 radical (unpaired) electrons. The molecular formula is C51H60N3O9P. The van der Waals surface area contributed by atoms with Gasteiger partial charge in [0.05, 0.1) is 29.3 Å². The number of benzene rings is 4. The summed E-state index contributed by atoms with van der Waals surface area (Å²) in [5.74, 6) is -10.1. The summed E-state index contributed by atoms with van der Waals surface area (Å²) in [5.41, 5.74) is 0.973. The number of carbonyl (C=O) groups excluding carboxylic acids is 4. The first kappa shape index (κ1) is 46.3. The number of Topliss-reactive ketones (excluding diaryl/α,β-unsaturated/α-hetero) is 2. The number of nitrogens with zero attached hydrogens (tertiary/aromatic N) is 1. The SMILES string of the molecule is C[C@H]1c2ccc(NC(=O)CCCCCCCCCC[PH](c3ccccc3)(c3ccccc3)c3ccccc3)c(O)c2C(=O)C2=C(O)[C@]3(O)C(=O)C(C(N)=O)=C(O)[C@@H](N(C)C)[C@@H]3[C@@H](O)[C@@H]21. The fourth-order valence-electron chi connectivity index (χ4n) is 10.8. The molecule has 0 unspecified atom stereocenters. The van der Waals surface area contributed by atoms with E-state index in [0.29, 0.717) is 12.0 Å². The molecule has 338 valence electrons. The standard InChI is InChI=1S/C51H60N3O9P/c1-31-35-28-29-36(44(56)39(35)45(57)40-38(31)46(58)42-43(54(2)3)47(59)41(50(52)62)49(61)51(42,63)48(40)60)53-37(55)27-19-8-6-4-5-7-9-20-30-64(32-21-13-10-14-22-32,33-23-15-11-16-24-33)34-25-17-12-18-26-34/h10-18,21-26,28-29,31,38,42-43,46,56,58-60,63-64H,4-9,19-20,27,30H2,1-3H3,(H2,52,62)(H,53,55)/t31-,38+,42+,43-,46-,51-/m0/s1. The van der Waals surface area contributed by atoms with E-state index < -0.39 is 88.7 Å². The van der Waals surface area contributed by atoms with Crippen LogP contribution >= 0.6 is 7.26 Å². The number of nitrogens with two attached hydrogens (primary N) is 1. The molecule has 4 aromatic carbocycles. The first-order valence-corrected chi connectivity index (χ1v) is 24.5. The molecule has 13 heteroatoms. The molecule has 6 atom stereocenters. The summed E-state index contributed by atoms with van der Waals surface area (Å²) in [4.78, 5) is 54.7. The number of hydrogen-bond donors (Lipinski definition) is 7. The molecule has 0 aromatic heterocycles. The Balaban J connectivity index is 0.939. The van der Waals surface area contributed by atoms with Gasteiger partial charge in [-0.15, -0.1) is 0 Å². The largest absolute Gasteiger partial charge is 0.510 e. The van der Waals surface area contributed by atoms with E-state index in [9.17, 15) is 44.7 Å². The van der Waals surface area contributed by atoms with Gasteiger partial charge in [0.2, 0.25) is 5.78 Å². The molecular weight excluding hydrogens is 830 g/mol. The zero-order valence-electron chi connectivity index (χ0n) is 36.7. The summed E-state index contributed by atoms with van der Waals surface area (Å²) in [7, 11) is 0.729.